The predicted molar refractivity (Wildman–Crippen MR) is 125 cm³/mol. The van der Waals surface area contributed by atoms with Gasteiger partial charge in [0.1, 0.15) is 6.54 Å². The standard InChI is InChI=1S/C21H19IN2O5S/c1-3-12-4-6-14(7-5-12)23-18(25)11-24-20(27)17(30-21(24)28)10-13-8-15(22)19(26)16(9-13)29-2/h4-10,26H,3,11H2,1-2H3,(H,23,25)/b17-10+. The van der Waals surface area contributed by atoms with Crippen molar-refractivity contribution in [1.29, 1.82) is 0 Å². The van der Waals surface area contributed by atoms with Crippen LogP contribution in [0.15, 0.2) is 41.3 Å². The van der Waals surface area contributed by atoms with Crippen molar-refractivity contribution in [2.24, 2.45) is 0 Å². The number of methoxy groups -OCH3 is 1. The van der Waals surface area contributed by atoms with Crippen LogP contribution in [-0.2, 0) is 16.0 Å². The van der Waals surface area contributed by atoms with Crippen molar-refractivity contribution in [3.05, 3.63) is 56.0 Å². The molecule has 2 aromatic rings. The monoisotopic (exact) mass is 538 g/mol. The lowest BCUT2D eigenvalue weighted by Gasteiger charge is -2.12. The van der Waals surface area contributed by atoms with Crippen molar-refractivity contribution in [2.45, 2.75) is 13.3 Å². The number of nitrogens with zero attached hydrogens (tertiary/aromatic N) is 1. The molecular weight excluding hydrogens is 519 g/mol. The van der Waals surface area contributed by atoms with E-state index in [1.54, 1.807) is 24.3 Å². The Balaban J connectivity index is 1.72. The number of carbonyl (C=O) groups is 3. The molecule has 0 aliphatic carbocycles. The van der Waals surface area contributed by atoms with E-state index in [1.165, 1.54) is 13.2 Å². The number of nitrogens with one attached hydrogen (secondary N) is 1. The maximum Gasteiger partial charge on any atom is 0.294 e. The Morgan fingerprint density at radius 2 is 1.97 bits per heavy atom. The molecule has 0 bridgehead atoms. The number of aryl methyl sites for hydroxylation is 1. The van der Waals surface area contributed by atoms with Crippen molar-refractivity contribution in [3.8, 4) is 11.5 Å². The quantitative estimate of drug-likeness (QED) is 0.422. The van der Waals surface area contributed by atoms with Crippen LogP contribution in [0.2, 0.25) is 0 Å². The fourth-order valence-corrected chi connectivity index (χ4v) is 4.25. The van der Waals surface area contributed by atoms with Gasteiger partial charge in [0.15, 0.2) is 11.5 Å². The third-order valence-electron chi connectivity index (χ3n) is 4.39. The SMILES string of the molecule is CCc1ccc(NC(=O)CN2C(=O)S/C(=C/c3cc(I)c(O)c(OC)c3)C2=O)cc1. The van der Waals surface area contributed by atoms with Gasteiger partial charge in [-0.2, -0.15) is 0 Å². The summed E-state index contributed by atoms with van der Waals surface area (Å²) in [6.45, 7) is 1.67. The maximum atomic E-state index is 12.7. The number of carbonyl (C=O) groups excluding carboxylic acids is 3. The number of halogens is 1. The summed E-state index contributed by atoms with van der Waals surface area (Å²) in [6, 6.07) is 10.6. The van der Waals surface area contributed by atoms with Crippen LogP contribution in [0, 0.1) is 3.57 Å². The van der Waals surface area contributed by atoms with Gasteiger partial charge in [0.25, 0.3) is 11.1 Å². The van der Waals surface area contributed by atoms with Gasteiger partial charge in [-0.3, -0.25) is 19.3 Å². The summed E-state index contributed by atoms with van der Waals surface area (Å²) in [5, 5.41) is 12.1. The summed E-state index contributed by atoms with van der Waals surface area (Å²) in [4.78, 5) is 38.4. The summed E-state index contributed by atoms with van der Waals surface area (Å²) in [6.07, 6.45) is 2.43. The van der Waals surface area contributed by atoms with Crippen molar-refractivity contribution in [1.82, 2.24) is 4.90 Å². The average molecular weight is 538 g/mol. The van der Waals surface area contributed by atoms with Crippen LogP contribution in [0.25, 0.3) is 6.08 Å². The van der Waals surface area contributed by atoms with E-state index in [2.05, 4.69) is 5.32 Å². The van der Waals surface area contributed by atoms with E-state index in [0.29, 0.717) is 14.8 Å². The Morgan fingerprint density at radius 3 is 2.60 bits per heavy atom. The minimum absolute atomic E-state index is 0.00648. The third kappa shape index (κ3) is 4.96. The summed E-state index contributed by atoms with van der Waals surface area (Å²) < 4.78 is 5.66. The highest BCUT2D eigenvalue weighted by Gasteiger charge is 2.36. The first-order chi connectivity index (χ1) is 14.3. The number of aromatic hydroxyl groups is 1. The molecule has 0 aromatic heterocycles. The molecule has 0 unspecified atom stereocenters. The Bertz CT molecular complexity index is 1040. The van der Waals surface area contributed by atoms with Crippen molar-refractivity contribution in [2.75, 3.05) is 19.0 Å². The summed E-state index contributed by atoms with van der Waals surface area (Å²) in [5.74, 6) is -0.722. The molecule has 156 valence electrons. The summed E-state index contributed by atoms with van der Waals surface area (Å²) in [7, 11) is 1.43. The number of hydrogen-bond acceptors (Lipinski definition) is 6. The Kier molecular flexibility index (Phi) is 7.03. The van der Waals surface area contributed by atoms with Crippen molar-refractivity contribution < 1.29 is 24.2 Å². The molecule has 1 saturated heterocycles. The number of ether oxygens (including phenoxy) is 1. The first-order valence-corrected chi connectivity index (χ1v) is 10.9. The van der Waals surface area contributed by atoms with E-state index < -0.39 is 17.1 Å². The van der Waals surface area contributed by atoms with Crippen LogP contribution >= 0.6 is 34.4 Å². The Hall–Kier alpha value is -2.53. The molecule has 2 aromatic carbocycles. The molecule has 1 heterocycles. The van der Waals surface area contributed by atoms with Crippen molar-refractivity contribution in [3.63, 3.8) is 0 Å². The number of benzene rings is 2. The van der Waals surface area contributed by atoms with E-state index in [9.17, 15) is 19.5 Å². The molecule has 1 aliphatic heterocycles. The van der Waals surface area contributed by atoms with E-state index in [1.807, 2.05) is 41.6 Å². The van der Waals surface area contributed by atoms with Crippen LogP contribution in [0.4, 0.5) is 10.5 Å². The first kappa shape index (κ1) is 22.2. The van der Waals surface area contributed by atoms with E-state index in [0.717, 1.165) is 28.6 Å². The highest BCUT2D eigenvalue weighted by molar-refractivity contribution is 14.1. The van der Waals surface area contributed by atoms with Gasteiger partial charge < -0.3 is 15.2 Å². The fraction of sp³-hybridized carbons (Fsp3) is 0.190. The van der Waals surface area contributed by atoms with Gasteiger partial charge in [0, 0.05) is 5.69 Å². The molecule has 2 N–H and O–H groups in total. The molecule has 9 heteroatoms. The average Bonchev–Trinajstić information content (AvgIpc) is 2.98. The molecule has 1 fully saturated rings. The van der Waals surface area contributed by atoms with Gasteiger partial charge in [-0.25, -0.2) is 0 Å². The molecule has 0 radical (unpaired) electrons. The van der Waals surface area contributed by atoms with Gasteiger partial charge >= 0.3 is 0 Å². The molecule has 3 rings (SSSR count). The zero-order valence-corrected chi connectivity index (χ0v) is 19.2. The summed E-state index contributed by atoms with van der Waals surface area (Å²) >= 11 is 2.71. The van der Waals surface area contributed by atoms with E-state index >= 15 is 0 Å². The molecule has 0 saturated carbocycles. The predicted octanol–water partition coefficient (Wildman–Crippen LogP) is 4.24. The normalized spacial score (nSPS) is 15.0. The number of rotatable bonds is 6. The van der Waals surface area contributed by atoms with Gasteiger partial charge in [-0.05, 0) is 82.2 Å². The largest absolute Gasteiger partial charge is 0.504 e. The molecule has 0 spiro atoms. The number of hydrogen-bond donors (Lipinski definition) is 2. The molecule has 30 heavy (non-hydrogen) atoms. The van der Waals surface area contributed by atoms with Crippen LogP contribution in [0.1, 0.15) is 18.1 Å². The second kappa shape index (κ2) is 9.52. The zero-order valence-electron chi connectivity index (χ0n) is 16.3. The molecular formula is C21H19IN2O5S. The van der Waals surface area contributed by atoms with Crippen LogP contribution in [0.3, 0.4) is 0 Å². The van der Waals surface area contributed by atoms with Crippen LogP contribution in [-0.4, -0.2) is 40.7 Å². The maximum absolute atomic E-state index is 12.7. The van der Waals surface area contributed by atoms with Gasteiger partial charge in [-0.15, -0.1) is 0 Å². The Labute approximate surface area is 191 Å². The van der Waals surface area contributed by atoms with Crippen LogP contribution in [0.5, 0.6) is 11.5 Å². The highest BCUT2D eigenvalue weighted by Crippen LogP contribution is 2.36. The van der Waals surface area contributed by atoms with E-state index in [-0.39, 0.29) is 22.9 Å². The fourth-order valence-electron chi connectivity index (χ4n) is 2.79. The smallest absolute Gasteiger partial charge is 0.294 e. The number of imide groups is 1. The lowest BCUT2D eigenvalue weighted by atomic mass is 10.1. The van der Waals surface area contributed by atoms with Gasteiger partial charge in [-0.1, -0.05) is 19.1 Å². The third-order valence-corrected chi connectivity index (χ3v) is 6.12. The highest BCUT2D eigenvalue weighted by atomic mass is 127. The first-order valence-electron chi connectivity index (χ1n) is 9.03. The lowest BCUT2D eigenvalue weighted by Crippen LogP contribution is -2.36. The summed E-state index contributed by atoms with van der Waals surface area (Å²) in [5.41, 5.74) is 2.34. The van der Waals surface area contributed by atoms with E-state index in [4.69, 9.17) is 4.74 Å². The van der Waals surface area contributed by atoms with Gasteiger partial charge in [0.05, 0.1) is 15.6 Å². The second-order valence-electron chi connectivity index (χ2n) is 6.42. The lowest BCUT2D eigenvalue weighted by molar-refractivity contribution is -0.127. The minimum atomic E-state index is -0.538. The van der Waals surface area contributed by atoms with Gasteiger partial charge in [0.2, 0.25) is 5.91 Å². The molecule has 0 atom stereocenters. The number of thioether (sulfide) groups is 1. The molecule has 3 amide bonds. The minimum Gasteiger partial charge on any atom is -0.504 e. The number of anilines is 1. The molecule has 1 aliphatic rings. The number of phenolic OH excluding ortho intramolecular Hbond substituents is 1. The second-order valence-corrected chi connectivity index (χ2v) is 8.58. The Morgan fingerprint density at radius 1 is 1.27 bits per heavy atom. The molecule has 7 nitrogen and oxygen atoms in total. The number of amides is 3. The zero-order chi connectivity index (χ0) is 21.8. The van der Waals surface area contributed by atoms with Crippen LogP contribution < -0.4 is 10.1 Å². The topological polar surface area (TPSA) is 95.9 Å². The number of phenols is 1. The van der Waals surface area contributed by atoms with Crippen molar-refractivity contribution >= 4 is 63.2 Å².